The summed E-state index contributed by atoms with van der Waals surface area (Å²) in [6.45, 7) is 3.97. The number of piperidine rings is 1. The van der Waals surface area contributed by atoms with Crippen LogP contribution in [0.4, 0.5) is 11.6 Å². The SMILES string of the molecule is Cc1cc(NC2CCN(c3ncnc4ccsc34)CC2)ncn1. The molecule has 1 N–H and O–H groups in total. The Hall–Kier alpha value is -2.28. The van der Waals surface area contributed by atoms with E-state index in [-0.39, 0.29) is 0 Å². The zero-order valence-corrected chi connectivity index (χ0v) is 13.8. The van der Waals surface area contributed by atoms with Crippen molar-refractivity contribution in [2.45, 2.75) is 25.8 Å². The number of hydrogen-bond acceptors (Lipinski definition) is 7. The monoisotopic (exact) mass is 326 g/mol. The topological polar surface area (TPSA) is 66.8 Å². The second-order valence-electron chi connectivity index (χ2n) is 5.78. The third-order valence-electron chi connectivity index (χ3n) is 4.17. The Morgan fingerprint density at radius 3 is 2.78 bits per heavy atom. The van der Waals surface area contributed by atoms with Crippen molar-refractivity contribution in [3.8, 4) is 0 Å². The van der Waals surface area contributed by atoms with E-state index in [1.54, 1.807) is 24.0 Å². The second-order valence-corrected chi connectivity index (χ2v) is 6.70. The van der Waals surface area contributed by atoms with Crippen LogP contribution in [0.25, 0.3) is 10.2 Å². The first-order chi connectivity index (χ1) is 11.3. The zero-order chi connectivity index (χ0) is 15.6. The van der Waals surface area contributed by atoms with E-state index in [0.717, 1.165) is 48.8 Å². The first kappa shape index (κ1) is 14.3. The Labute approximate surface area is 138 Å². The van der Waals surface area contributed by atoms with Crippen molar-refractivity contribution in [2.24, 2.45) is 0 Å². The molecule has 0 amide bonds. The van der Waals surface area contributed by atoms with Crippen molar-refractivity contribution < 1.29 is 0 Å². The van der Waals surface area contributed by atoms with Gasteiger partial charge in [0.25, 0.3) is 0 Å². The van der Waals surface area contributed by atoms with Gasteiger partial charge in [0.15, 0.2) is 0 Å². The minimum absolute atomic E-state index is 0.446. The van der Waals surface area contributed by atoms with E-state index in [1.165, 1.54) is 4.70 Å². The van der Waals surface area contributed by atoms with Crippen molar-refractivity contribution in [3.05, 3.63) is 35.9 Å². The van der Waals surface area contributed by atoms with Crippen LogP contribution in [0.15, 0.2) is 30.2 Å². The van der Waals surface area contributed by atoms with E-state index in [4.69, 9.17) is 0 Å². The van der Waals surface area contributed by atoms with Gasteiger partial charge in [-0.25, -0.2) is 19.9 Å². The van der Waals surface area contributed by atoms with Crippen LogP contribution < -0.4 is 10.2 Å². The molecule has 3 aromatic heterocycles. The predicted octanol–water partition coefficient (Wildman–Crippen LogP) is 2.87. The molecule has 0 aliphatic carbocycles. The van der Waals surface area contributed by atoms with Crippen LogP contribution in [-0.4, -0.2) is 39.1 Å². The summed E-state index contributed by atoms with van der Waals surface area (Å²) in [6.07, 6.45) is 5.42. The van der Waals surface area contributed by atoms with Gasteiger partial charge in [-0.3, -0.25) is 0 Å². The lowest BCUT2D eigenvalue weighted by atomic mass is 10.1. The van der Waals surface area contributed by atoms with Gasteiger partial charge >= 0.3 is 0 Å². The fourth-order valence-corrected chi connectivity index (χ4v) is 3.84. The number of hydrogen-bond donors (Lipinski definition) is 1. The van der Waals surface area contributed by atoms with Crippen molar-refractivity contribution in [1.29, 1.82) is 0 Å². The Kier molecular flexibility index (Phi) is 3.78. The largest absolute Gasteiger partial charge is 0.367 e. The number of rotatable bonds is 3. The standard InChI is InChI=1S/C16H18N6S/c1-11-8-14(19-9-17-11)21-12-2-5-22(6-3-12)16-15-13(4-7-23-15)18-10-20-16/h4,7-10,12H,2-3,5-6H2,1H3,(H,17,19,21). The molecule has 4 rings (SSSR count). The normalized spacial score (nSPS) is 16.0. The molecule has 0 spiro atoms. The van der Waals surface area contributed by atoms with Crippen LogP contribution in [-0.2, 0) is 0 Å². The van der Waals surface area contributed by atoms with Gasteiger partial charge < -0.3 is 10.2 Å². The highest BCUT2D eigenvalue weighted by molar-refractivity contribution is 7.17. The van der Waals surface area contributed by atoms with Crippen LogP contribution in [0, 0.1) is 6.92 Å². The average Bonchev–Trinajstić information content (AvgIpc) is 3.04. The second kappa shape index (κ2) is 6.08. The molecule has 4 heterocycles. The fourth-order valence-electron chi connectivity index (χ4n) is 2.98. The summed E-state index contributed by atoms with van der Waals surface area (Å²) in [6, 6.07) is 4.49. The molecule has 0 atom stereocenters. The van der Waals surface area contributed by atoms with E-state index in [9.17, 15) is 0 Å². The highest BCUT2D eigenvalue weighted by atomic mass is 32.1. The Bertz CT molecular complexity index is 809. The Morgan fingerprint density at radius 1 is 1.13 bits per heavy atom. The first-order valence-corrected chi connectivity index (χ1v) is 8.66. The Balaban J connectivity index is 1.44. The van der Waals surface area contributed by atoms with Crippen LogP contribution in [0.1, 0.15) is 18.5 Å². The minimum atomic E-state index is 0.446. The lowest BCUT2D eigenvalue weighted by molar-refractivity contribution is 0.523. The molecule has 23 heavy (non-hydrogen) atoms. The molecule has 118 valence electrons. The van der Waals surface area contributed by atoms with Gasteiger partial charge in [-0.15, -0.1) is 11.3 Å². The van der Waals surface area contributed by atoms with Crippen LogP contribution in [0.5, 0.6) is 0 Å². The van der Waals surface area contributed by atoms with Crippen LogP contribution in [0.2, 0.25) is 0 Å². The number of nitrogens with zero attached hydrogens (tertiary/aromatic N) is 5. The van der Waals surface area contributed by atoms with Gasteiger partial charge in [0, 0.05) is 30.9 Å². The van der Waals surface area contributed by atoms with Crippen molar-refractivity contribution in [3.63, 3.8) is 0 Å². The van der Waals surface area contributed by atoms with E-state index in [0.29, 0.717) is 6.04 Å². The summed E-state index contributed by atoms with van der Waals surface area (Å²) in [5.41, 5.74) is 2.03. The quantitative estimate of drug-likeness (QED) is 0.798. The zero-order valence-electron chi connectivity index (χ0n) is 12.9. The number of fused-ring (bicyclic) bond motifs is 1. The molecule has 0 unspecified atom stereocenters. The summed E-state index contributed by atoms with van der Waals surface area (Å²) in [7, 11) is 0. The number of aromatic nitrogens is 4. The van der Waals surface area contributed by atoms with Gasteiger partial charge in [-0.1, -0.05) is 0 Å². The summed E-state index contributed by atoms with van der Waals surface area (Å²) >= 11 is 1.71. The number of thiophene rings is 1. The first-order valence-electron chi connectivity index (χ1n) is 7.78. The van der Waals surface area contributed by atoms with E-state index in [2.05, 4.69) is 41.6 Å². The Morgan fingerprint density at radius 2 is 1.96 bits per heavy atom. The molecule has 1 aliphatic heterocycles. The highest BCUT2D eigenvalue weighted by Crippen LogP contribution is 2.30. The van der Waals surface area contributed by atoms with E-state index >= 15 is 0 Å². The van der Waals surface area contributed by atoms with Gasteiger partial charge in [0.05, 0.1) is 10.2 Å². The van der Waals surface area contributed by atoms with Crippen LogP contribution in [0.3, 0.4) is 0 Å². The highest BCUT2D eigenvalue weighted by Gasteiger charge is 2.22. The molecule has 0 bridgehead atoms. The fraction of sp³-hybridized carbons (Fsp3) is 0.375. The smallest absolute Gasteiger partial charge is 0.150 e. The summed E-state index contributed by atoms with van der Waals surface area (Å²) < 4.78 is 1.19. The van der Waals surface area contributed by atoms with Crippen LogP contribution >= 0.6 is 11.3 Å². The van der Waals surface area contributed by atoms with Gasteiger partial charge in [-0.2, -0.15) is 0 Å². The maximum absolute atomic E-state index is 4.51. The third kappa shape index (κ3) is 2.96. The molecule has 0 aromatic carbocycles. The van der Waals surface area contributed by atoms with E-state index < -0.39 is 0 Å². The van der Waals surface area contributed by atoms with Gasteiger partial charge in [-0.05, 0) is 31.2 Å². The molecule has 6 nitrogen and oxygen atoms in total. The van der Waals surface area contributed by atoms with Crippen molar-refractivity contribution >= 4 is 33.2 Å². The molecule has 0 saturated carbocycles. The molecule has 0 radical (unpaired) electrons. The maximum Gasteiger partial charge on any atom is 0.150 e. The molecule has 1 fully saturated rings. The molecular formula is C16H18N6S. The molecule has 1 saturated heterocycles. The lowest BCUT2D eigenvalue weighted by Gasteiger charge is -2.33. The van der Waals surface area contributed by atoms with Gasteiger partial charge in [0.2, 0.25) is 0 Å². The van der Waals surface area contributed by atoms with Crippen molar-refractivity contribution in [2.75, 3.05) is 23.3 Å². The van der Waals surface area contributed by atoms with Gasteiger partial charge in [0.1, 0.15) is 24.3 Å². The molecule has 3 aromatic rings. The summed E-state index contributed by atoms with van der Waals surface area (Å²) in [4.78, 5) is 19.6. The number of nitrogens with one attached hydrogen (secondary N) is 1. The molecular weight excluding hydrogens is 308 g/mol. The summed E-state index contributed by atoms with van der Waals surface area (Å²) in [5.74, 6) is 1.99. The lowest BCUT2D eigenvalue weighted by Crippen LogP contribution is -2.39. The predicted molar refractivity (Wildman–Crippen MR) is 93.0 cm³/mol. The molecule has 7 heteroatoms. The van der Waals surface area contributed by atoms with E-state index in [1.807, 2.05) is 13.0 Å². The minimum Gasteiger partial charge on any atom is -0.367 e. The molecule has 1 aliphatic rings. The number of aryl methyl sites for hydroxylation is 1. The third-order valence-corrected chi connectivity index (χ3v) is 5.07. The maximum atomic E-state index is 4.51. The number of anilines is 2. The summed E-state index contributed by atoms with van der Waals surface area (Å²) in [5, 5.41) is 5.60. The average molecular weight is 326 g/mol. The van der Waals surface area contributed by atoms with Crippen molar-refractivity contribution in [1.82, 2.24) is 19.9 Å².